The molecule has 0 bridgehead atoms. The van der Waals surface area contributed by atoms with Gasteiger partial charge >= 0.3 is 0 Å². The summed E-state index contributed by atoms with van der Waals surface area (Å²) < 4.78 is 2.64. The van der Waals surface area contributed by atoms with Crippen LogP contribution in [-0.4, -0.2) is 0 Å². The molecule has 0 radical (unpaired) electrons. The standard InChI is InChI=1S/C38H25NS/c1-2-12-29(13-3-1)39(30-20-17-28(18-21-30)33-16-8-11-26-9-4-6-14-32(26)33)31-22-24-36-35(25-31)38-34-15-7-5-10-27(34)19-23-37(38)40-36/h1-25H. The zero-order chi connectivity index (χ0) is 26.5. The Labute approximate surface area is 237 Å². The smallest absolute Gasteiger partial charge is 0.0468 e. The maximum absolute atomic E-state index is 2.37. The van der Waals surface area contributed by atoms with Gasteiger partial charge in [0.2, 0.25) is 0 Å². The van der Waals surface area contributed by atoms with Crippen LogP contribution in [0.2, 0.25) is 0 Å². The fourth-order valence-electron chi connectivity index (χ4n) is 5.97. The van der Waals surface area contributed by atoms with Crippen LogP contribution >= 0.6 is 11.3 Å². The number of para-hydroxylation sites is 1. The predicted molar refractivity (Wildman–Crippen MR) is 174 cm³/mol. The summed E-state index contributed by atoms with van der Waals surface area (Å²) in [5.41, 5.74) is 5.92. The van der Waals surface area contributed by atoms with E-state index in [-0.39, 0.29) is 0 Å². The normalized spacial score (nSPS) is 11.5. The third kappa shape index (κ3) is 3.77. The number of nitrogens with zero attached hydrogens (tertiary/aromatic N) is 1. The molecular formula is C38H25NS. The van der Waals surface area contributed by atoms with Crippen LogP contribution in [0.25, 0.3) is 52.8 Å². The number of hydrogen-bond donors (Lipinski definition) is 0. The molecule has 188 valence electrons. The summed E-state index contributed by atoms with van der Waals surface area (Å²) in [6.45, 7) is 0. The maximum atomic E-state index is 2.37. The van der Waals surface area contributed by atoms with E-state index in [1.807, 2.05) is 11.3 Å². The van der Waals surface area contributed by atoms with E-state index in [0.717, 1.165) is 17.1 Å². The minimum absolute atomic E-state index is 1.14. The second-order valence-corrected chi connectivity index (χ2v) is 11.3. The highest BCUT2D eigenvalue weighted by molar-refractivity contribution is 7.26. The number of fused-ring (bicyclic) bond motifs is 6. The zero-order valence-electron chi connectivity index (χ0n) is 21.8. The van der Waals surface area contributed by atoms with Gasteiger partial charge in [-0.3, -0.25) is 0 Å². The molecule has 1 heterocycles. The molecule has 8 rings (SSSR count). The first-order chi connectivity index (χ1) is 19.8. The number of hydrogen-bond acceptors (Lipinski definition) is 2. The quantitative estimate of drug-likeness (QED) is 0.220. The molecule has 8 aromatic rings. The van der Waals surface area contributed by atoms with Gasteiger partial charge in [0.25, 0.3) is 0 Å². The van der Waals surface area contributed by atoms with Gasteiger partial charge in [-0.1, -0.05) is 103 Å². The SMILES string of the molecule is c1ccc(N(c2ccc(-c3cccc4ccccc34)cc2)c2ccc3sc4ccc5ccccc5c4c3c2)cc1. The lowest BCUT2D eigenvalue weighted by Crippen LogP contribution is -2.09. The highest BCUT2D eigenvalue weighted by Crippen LogP contribution is 2.43. The average Bonchev–Trinajstić information content (AvgIpc) is 3.40. The molecule has 0 aliphatic rings. The fraction of sp³-hybridized carbons (Fsp3) is 0. The van der Waals surface area contributed by atoms with Crippen LogP contribution in [0, 0.1) is 0 Å². The Morgan fingerprint density at radius 3 is 1.85 bits per heavy atom. The van der Waals surface area contributed by atoms with Crippen LogP contribution in [0.5, 0.6) is 0 Å². The molecule has 0 saturated carbocycles. The maximum Gasteiger partial charge on any atom is 0.0468 e. The van der Waals surface area contributed by atoms with E-state index in [2.05, 4.69) is 157 Å². The number of benzene rings is 7. The van der Waals surface area contributed by atoms with Crippen molar-refractivity contribution in [2.75, 3.05) is 4.90 Å². The number of thiophene rings is 1. The van der Waals surface area contributed by atoms with Crippen LogP contribution in [0.1, 0.15) is 0 Å². The molecule has 40 heavy (non-hydrogen) atoms. The Kier molecular flexibility index (Phi) is 5.39. The molecule has 0 aliphatic heterocycles. The van der Waals surface area contributed by atoms with Crippen molar-refractivity contribution in [3.8, 4) is 11.1 Å². The van der Waals surface area contributed by atoms with Crippen LogP contribution in [-0.2, 0) is 0 Å². The lowest BCUT2D eigenvalue weighted by molar-refractivity contribution is 1.29. The summed E-state index contributed by atoms with van der Waals surface area (Å²) in [7, 11) is 0. The molecule has 0 aliphatic carbocycles. The van der Waals surface area contributed by atoms with Gasteiger partial charge in [0.1, 0.15) is 0 Å². The van der Waals surface area contributed by atoms with Crippen LogP contribution in [0.3, 0.4) is 0 Å². The third-order valence-corrected chi connectivity index (χ3v) is 8.98. The van der Waals surface area contributed by atoms with E-state index < -0.39 is 0 Å². The van der Waals surface area contributed by atoms with Gasteiger partial charge in [-0.15, -0.1) is 11.3 Å². The van der Waals surface area contributed by atoms with Gasteiger partial charge in [-0.2, -0.15) is 0 Å². The summed E-state index contributed by atoms with van der Waals surface area (Å²) in [4.78, 5) is 2.36. The van der Waals surface area contributed by atoms with Crippen molar-refractivity contribution in [3.05, 3.63) is 152 Å². The minimum atomic E-state index is 1.14. The van der Waals surface area contributed by atoms with Crippen molar-refractivity contribution in [1.29, 1.82) is 0 Å². The first-order valence-electron chi connectivity index (χ1n) is 13.6. The van der Waals surface area contributed by atoms with E-state index in [1.54, 1.807) is 0 Å². The molecular weight excluding hydrogens is 502 g/mol. The second-order valence-electron chi connectivity index (χ2n) is 10.2. The molecule has 0 unspecified atom stereocenters. The Morgan fingerprint density at radius 2 is 1.02 bits per heavy atom. The van der Waals surface area contributed by atoms with Gasteiger partial charge in [0.05, 0.1) is 0 Å². The van der Waals surface area contributed by atoms with E-state index in [4.69, 9.17) is 0 Å². The summed E-state index contributed by atoms with van der Waals surface area (Å²) >= 11 is 1.87. The Bertz CT molecular complexity index is 2150. The second kappa shape index (κ2) is 9.37. The molecule has 0 N–H and O–H groups in total. The van der Waals surface area contributed by atoms with Crippen molar-refractivity contribution < 1.29 is 0 Å². The number of anilines is 3. The van der Waals surface area contributed by atoms with E-state index in [1.165, 1.54) is 52.8 Å². The van der Waals surface area contributed by atoms with Crippen LogP contribution in [0.15, 0.2) is 152 Å². The van der Waals surface area contributed by atoms with Crippen molar-refractivity contribution >= 4 is 70.1 Å². The largest absolute Gasteiger partial charge is 0.310 e. The highest BCUT2D eigenvalue weighted by atomic mass is 32.1. The van der Waals surface area contributed by atoms with E-state index in [9.17, 15) is 0 Å². The van der Waals surface area contributed by atoms with Crippen molar-refractivity contribution in [2.45, 2.75) is 0 Å². The van der Waals surface area contributed by atoms with Gasteiger partial charge in [0.15, 0.2) is 0 Å². The molecule has 0 atom stereocenters. The van der Waals surface area contributed by atoms with Crippen LogP contribution < -0.4 is 4.90 Å². The molecule has 2 heteroatoms. The molecule has 1 nitrogen and oxygen atoms in total. The van der Waals surface area contributed by atoms with Crippen molar-refractivity contribution in [1.82, 2.24) is 0 Å². The predicted octanol–water partition coefficient (Wildman–Crippen LogP) is 11.5. The van der Waals surface area contributed by atoms with E-state index in [0.29, 0.717) is 0 Å². The summed E-state index contributed by atoms with van der Waals surface area (Å²) in [6.07, 6.45) is 0. The zero-order valence-corrected chi connectivity index (χ0v) is 22.6. The Morgan fingerprint density at radius 1 is 0.400 bits per heavy atom. The molecule has 0 amide bonds. The third-order valence-electron chi connectivity index (χ3n) is 7.84. The summed E-state index contributed by atoms with van der Waals surface area (Å²) in [5, 5.41) is 7.79. The number of rotatable bonds is 4. The van der Waals surface area contributed by atoms with Gasteiger partial charge < -0.3 is 4.90 Å². The fourth-order valence-corrected chi connectivity index (χ4v) is 7.07. The van der Waals surface area contributed by atoms with Crippen LogP contribution in [0.4, 0.5) is 17.1 Å². The lowest BCUT2D eigenvalue weighted by atomic mass is 9.98. The summed E-state index contributed by atoms with van der Waals surface area (Å²) in [6, 6.07) is 54.9. The molecule has 7 aromatic carbocycles. The molecule has 0 spiro atoms. The monoisotopic (exact) mass is 527 g/mol. The lowest BCUT2D eigenvalue weighted by Gasteiger charge is -2.26. The van der Waals surface area contributed by atoms with Crippen molar-refractivity contribution in [2.24, 2.45) is 0 Å². The van der Waals surface area contributed by atoms with Gasteiger partial charge in [-0.25, -0.2) is 0 Å². The molecule has 0 fully saturated rings. The first-order valence-corrected chi connectivity index (χ1v) is 14.4. The Balaban J connectivity index is 1.29. The molecule has 1 aromatic heterocycles. The van der Waals surface area contributed by atoms with E-state index >= 15 is 0 Å². The minimum Gasteiger partial charge on any atom is -0.310 e. The summed E-state index contributed by atoms with van der Waals surface area (Å²) in [5.74, 6) is 0. The molecule has 0 saturated heterocycles. The van der Waals surface area contributed by atoms with Gasteiger partial charge in [0, 0.05) is 37.2 Å². The van der Waals surface area contributed by atoms with Gasteiger partial charge in [-0.05, 0) is 81.2 Å². The Hall–Kier alpha value is -4.92. The highest BCUT2D eigenvalue weighted by Gasteiger charge is 2.16. The average molecular weight is 528 g/mol. The van der Waals surface area contributed by atoms with Crippen molar-refractivity contribution in [3.63, 3.8) is 0 Å². The topological polar surface area (TPSA) is 3.24 Å². The first kappa shape index (κ1) is 23.0.